The first-order valence-electron chi connectivity index (χ1n) is 16.1. The molecule has 1 unspecified atom stereocenters. The second-order valence-corrected chi connectivity index (χ2v) is 13.0. The van der Waals surface area contributed by atoms with Crippen LogP contribution in [-0.4, -0.2) is 83.0 Å². The molecule has 1 saturated carbocycles. The van der Waals surface area contributed by atoms with E-state index in [1.54, 1.807) is 0 Å². The molecule has 0 amide bonds. The summed E-state index contributed by atoms with van der Waals surface area (Å²) >= 11 is 0. The van der Waals surface area contributed by atoms with Gasteiger partial charge in [-0.2, -0.15) is 9.97 Å². The average Bonchev–Trinajstić information content (AvgIpc) is 3.71. The summed E-state index contributed by atoms with van der Waals surface area (Å²) in [5, 5.41) is 14.9. The normalized spacial score (nSPS) is 21.1. The molecule has 47 heavy (non-hydrogen) atoms. The lowest BCUT2D eigenvalue weighted by molar-refractivity contribution is 0.152. The summed E-state index contributed by atoms with van der Waals surface area (Å²) in [6.45, 7) is 6.00. The van der Waals surface area contributed by atoms with Crippen molar-refractivity contribution in [2.45, 2.75) is 51.2 Å². The molecule has 2 aromatic heterocycles. The quantitative estimate of drug-likeness (QED) is 0.169. The number of hydrogen-bond donors (Lipinski definition) is 2. The van der Waals surface area contributed by atoms with Crippen molar-refractivity contribution in [1.29, 1.82) is 0 Å². The van der Waals surface area contributed by atoms with Gasteiger partial charge in [-0.3, -0.25) is 9.88 Å². The summed E-state index contributed by atoms with van der Waals surface area (Å²) in [6, 6.07) is 5.40. The van der Waals surface area contributed by atoms with Crippen LogP contribution in [0.4, 0.5) is 23.4 Å². The van der Waals surface area contributed by atoms with Gasteiger partial charge in [-0.25, -0.2) is 17.6 Å². The van der Waals surface area contributed by atoms with Gasteiger partial charge in [0.2, 0.25) is 0 Å². The Morgan fingerprint density at radius 1 is 1.19 bits per heavy atom. The lowest BCUT2D eigenvalue weighted by Crippen LogP contribution is -2.50. The molecule has 3 fully saturated rings. The standard InChI is InChI=1S/C35H36F4N6O2/c1-3-22-17-45(12-10-40-22)33-26-15-41-30(25-14-23(46)13-20-5-6-27(37)24(4-2)28(20)25)29(32(38)39)31(26)42-34(43-33)47-19-35(8-9-35)18-44-11-7-21(36)16-44/h2,5-6,13-15,21-22,32,40,46H,3,7-12,16-19H2,1H3/t21-,22?/m1/s1. The molecule has 3 aliphatic rings. The van der Waals surface area contributed by atoms with Crippen LogP contribution in [0.25, 0.3) is 32.9 Å². The predicted molar refractivity (Wildman–Crippen MR) is 172 cm³/mol. The van der Waals surface area contributed by atoms with Crippen molar-refractivity contribution < 1.29 is 27.4 Å². The topological polar surface area (TPSA) is 86.6 Å². The molecule has 12 heteroatoms. The van der Waals surface area contributed by atoms with Gasteiger partial charge in [0.05, 0.1) is 34.3 Å². The minimum atomic E-state index is -3.05. The first kappa shape index (κ1) is 31.4. The van der Waals surface area contributed by atoms with Crippen molar-refractivity contribution >= 4 is 27.5 Å². The van der Waals surface area contributed by atoms with Gasteiger partial charge in [0.1, 0.15) is 23.6 Å². The Labute approximate surface area is 270 Å². The number of hydrogen-bond acceptors (Lipinski definition) is 8. The number of halogens is 4. The molecule has 2 aliphatic heterocycles. The number of aromatic hydroxyl groups is 1. The van der Waals surface area contributed by atoms with E-state index in [1.807, 2.05) is 4.90 Å². The van der Waals surface area contributed by atoms with Crippen LogP contribution in [-0.2, 0) is 0 Å². The Bertz CT molecular complexity index is 1880. The van der Waals surface area contributed by atoms with Crippen LogP contribution >= 0.6 is 0 Å². The molecule has 4 aromatic rings. The van der Waals surface area contributed by atoms with Crippen molar-refractivity contribution in [1.82, 2.24) is 25.2 Å². The number of benzene rings is 2. The van der Waals surface area contributed by atoms with Crippen LogP contribution in [0, 0.1) is 23.6 Å². The summed E-state index contributed by atoms with van der Waals surface area (Å²) in [6.07, 6.45) is 6.46. The van der Waals surface area contributed by atoms with Gasteiger partial charge in [-0.15, -0.1) is 6.42 Å². The minimum absolute atomic E-state index is 0.0367. The molecule has 0 bridgehead atoms. The number of aromatic nitrogens is 3. The number of piperazine rings is 1. The van der Waals surface area contributed by atoms with Gasteiger partial charge >= 0.3 is 6.01 Å². The molecule has 0 spiro atoms. The number of nitrogens with one attached hydrogen (secondary N) is 1. The fraction of sp³-hybridized carbons (Fsp3) is 0.457. The monoisotopic (exact) mass is 648 g/mol. The van der Waals surface area contributed by atoms with Crippen LogP contribution in [0.2, 0.25) is 0 Å². The van der Waals surface area contributed by atoms with E-state index in [0.29, 0.717) is 62.3 Å². The number of phenols is 1. The lowest BCUT2D eigenvalue weighted by Gasteiger charge is -2.34. The number of rotatable bonds is 9. The zero-order valence-corrected chi connectivity index (χ0v) is 26.1. The van der Waals surface area contributed by atoms with E-state index in [9.17, 15) is 13.9 Å². The molecular weight excluding hydrogens is 612 g/mol. The molecule has 2 saturated heterocycles. The SMILES string of the molecule is C#Cc1c(F)ccc2cc(O)cc(-c3ncc4c(N5CCNC(CC)C5)nc(OCC5(CN6CC[C@@H](F)C6)CC5)nc4c3C(F)F)c12. The second kappa shape index (κ2) is 12.4. The van der Waals surface area contributed by atoms with E-state index in [4.69, 9.17) is 16.1 Å². The van der Waals surface area contributed by atoms with E-state index in [2.05, 4.69) is 33.0 Å². The third-order valence-electron chi connectivity index (χ3n) is 9.69. The Balaban J connectivity index is 1.37. The molecular formula is C35H36F4N6O2. The zero-order chi connectivity index (χ0) is 32.9. The van der Waals surface area contributed by atoms with Crippen molar-refractivity contribution in [3.8, 4) is 35.4 Å². The van der Waals surface area contributed by atoms with E-state index in [1.165, 1.54) is 30.5 Å². The first-order valence-corrected chi connectivity index (χ1v) is 16.1. The maximum atomic E-state index is 15.3. The Kier molecular flexibility index (Phi) is 8.30. The smallest absolute Gasteiger partial charge is 0.318 e. The molecule has 0 radical (unpaired) electrons. The van der Waals surface area contributed by atoms with E-state index < -0.39 is 24.0 Å². The highest BCUT2D eigenvalue weighted by molar-refractivity contribution is 6.04. The van der Waals surface area contributed by atoms with Gasteiger partial charge in [0, 0.05) is 67.9 Å². The van der Waals surface area contributed by atoms with Crippen LogP contribution < -0.4 is 15.0 Å². The maximum absolute atomic E-state index is 15.3. The van der Waals surface area contributed by atoms with Crippen LogP contribution in [0.5, 0.6) is 11.8 Å². The Morgan fingerprint density at radius 3 is 2.72 bits per heavy atom. The molecule has 2 aromatic carbocycles. The average molecular weight is 649 g/mol. The Morgan fingerprint density at radius 2 is 2.02 bits per heavy atom. The highest BCUT2D eigenvalue weighted by Crippen LogP contribution is 2.47. The number of terminal acetylenes is 1. The highest BCUT2D eigenvalue weighted by Gasteiger charge is 2.46. The van der Waals surface area contributed by atoms with Gasteiger partial charge < -0.3 is 20.1 Å². The largest absolute Gasteiger partial charge is 0.508 e. The maximum Gasteiger partial charge on any atom is 0.318 e. The Hall–Kier alpha value is -4.21. The molecule has 246 valence electrons. The number of ether oxygens (including phenoxy) is 1. The molecule has 7 rings (SSSR count). The summed E-state index contributed by atoms with van der Waals surface area (Å²) in [5.74, 6) is 1.86. The van der Waals surface area contributed by atoms with E-state index in [-0.39, 0.29) is 57.5 Å². The summed E-state index contributed by atoms with van der Waals surface area (Å²) in [4.78, 5) is 18.0. The van der Waals surface area contributed by atoms with Crippen molar-refractivity contribution in [2.24, 2.45) is 5.41 Å². The van der Waals surface area contributed by atoms with Crippen molar-refractivity contribution in [3.05, 3.63) is 47.4 Å². The van der Waals surface area contributed by atoms with Gasteiger partial charge in [-0.05, 0) is 49.3 Å². The predicted octanol–water partition coefficient (Wildman–Crippen LogP) is 6.00. The fourth-order valence-corrected chi connectivity index (χ4v) is 6.99. The molecule has 2 N–H and O–H groups in total. The number of nitrogens with zero attached hydrogens (tertiary/aromatic N) is 5. The van der Waals surface area contributed by atoms with Crippen LogP contribution in [0.15, 0.2) is 30.5 Å². The summed E-state index contributed by atoms with van der Waals surface area (Å²) < 4.78 is 65.6. The van der Waals surface area contributed by atoms with Gasteiger partial charge in [0.15, 0.2) is 0 Å². The first-order chi connectivity index (χ1) is 22.7. The number of pyridine rings is 1. The number of anilines is 1. The third kappa shape index (κ3) is 6.03. The lowest BCUT2D eigenvalue weighted by atomic mass is 9.94. The molecule has 8 nitrogen and oxygen atoms in total. The second-order valence-electron chi connectivity index (χ2n) is 13.0. The number of likely N-dealkylation sites (tertiary alicyclic amines) is 1. The van der Waals surface area contributed by atoms with Crippen LogP contribution in [0.1, 0.15) is 50.2 Å². The highest BCUT2D eigenvalue weighted by atomic mass is 19.3. The van der Waals surface area contributed by atoms with Crippen molar-refractivity contribution in [2.75, 3.05) is 50.8 Å². The van der Waals surface area contributed by atoms with Gasteiger partial charge in [-0.1, -0.05) is 18.9 Å². The van der Waals surface area contributed by atoms with Gasteiger partial charge in [0.25, 0.3) is 6.43 Å². The summed E-state index contributed by atoms with van der Waals surface area (Å²) in [5.41, 5.74) is -0.942. The zero-order valence-electron chi connectivity index (χ0n) is 26.1. The van der Waals surface area contributed by atoms with Crippen LogP contribution in [0.3, 0.4) is 0 Å². The molecule has 4 heterocycles. The molecule has 2 atom stereocenters. The number of alkyl halides is 3. The van der Waals surface area contributed by atoms with Crippen molar-refractivity contribution in [3.63, 3.8) is 0 Å². The van der Waals surface area contributed by atoms with E-state index in [0.717, 1.165) is 19.3 Å². The molecule has 1 aliphatic carbocycles. The fourth-order valence-electron chi connectivity index (χ4n) is 6.99. The summed E-state index contributed by atoms with van der Waals surface area (Å²) in [7, 11) is 0. The number of fused-ring (bicyclic) bond motifs is 2. The number of phenolic OH excluding ortho intramolecular Hbond substituents is 1. The third-order valence-corrected chi connectivity index (χ3v) is 9.69. The van der Waals surface area contributed by atoms with E-state index >= 15 is 8.78 Å². The minimum Gasteiger partial charge on any atom is -0.508 e.